The van der Waals surface area contributed by atoms with E-state index in [0.29, 0.717) is 22.3 Å². The van der Waals surface area contributed by atoms with Gasteiger partial charge in [-0.05, 0) is 31.2 Å². The first kappa shape index (κ1) is 18.4. The average Bonchev–Trinajstić information content (AvgIpc) is 2.94. The normalized spacial score (nSPS) is 11.0. The molecule has 0 aliphatic heterocycles. The molecule has 0 radical (unpaired) electrons. The van der Waals surface area contributed by atoms with E-state index in [-0.39, 0.29) is 23.4 Å². The Kier molecular flexibility index (Phi) is 4.59. The largest absolute Gasteiger partial charge is 0.318 e. The Labute approximate surface area is 165 Å². The van der Waals surface area contributed by atoms with Gasteiger partial charge in [-0.15, -0.1) is 0 Å². The zero-order valence-electron chi connectivity index (χ0n) is 16.0. The standard InChI is InChI=1S/C21H19N5O3/c1-14-19(21(29)26(24(14)2)15-8-4-3-5-9-15)23-18(27)12-25-13-22-17-11-7-6-10-16(17)20(25)28/h3-11,13H,12H2,1-2H3,(H,23,27). The molecule has 8 heteroatoms. The van der Waals surface area contributed by atoms with Crippen molar-refractivity contribution in [2.45, 2.75) is 13.5 Å². The molecule has 0 aliphatic carbocycles. The number of anilines is 1. The number of rotatable bonds is 4. The minimum absolute atomic E-state index is 0.183. The van der Waals surface area contributed by atoms with Crippen LogP contribution in [-0.4, -0.2) is 24.8 Å². The maximum absolute atomic E-state index is 12.9. The molecule has 4 aromatic rings. The van der Waals surface area contributed by atoms with Gasteiger partial charge in [0, 0.05) is 7.05 Å². The summed E-state index contributed by atoms with van der Waals surface area (Å²) < 4.78 is 4.39. The van der Waals surface area contributed by atoms with Crippen LogP contribution in [0.5, 0.6) is 0 Å². The minimum atomic E-state index is -0.477. The third-order valence-electron chi connectivity index (χ3n) is 4.86. The van der Waals surface area contributed by atoms with E-state index in [1.807, 2.05) is 30.3 Å². The molecule has 0 bridgehead atoms. The van der Waals surface area contributed by atoms with Crippen molar-refractivity contribution in [3.63, 3.8) is 0 Å². The molecule has 0 unspecified atom stereocenters. The van der Waals surface area contributed by atoms with Gasteiger partial charge in [-0.2, -0.15) is 0 Å². The number of nitrogens with one attached hydrogen (secondary N) is 1. The van der Waals surface area contributed by atoms with Gasteiger partial charge >= 0.3 is 0 Å². The van der Waals surface area contributed by atoms with E-state index in [2.05, 4.69) is 10.3 Å². The first-order valence-corrected chi connectivity index (χ1v) is 9.05. The minimum Gasteiger partial charge on any atom is -0.318 e. The Bertz CT molecular complexity index is 1330. The maximum atomic E-state index is 12.9. The molecule has 0 fully saturated rings. The molecule has 146 valence electrons. The van der Waals surface area contributed by atoms with Gasteiger partial charge in [-0.3, -0.25) is 23.6 Å². The molecule has 0 saturated carbocycles. The lowest BCUT2D eigenvalue weighted by molar-refractivity contribution is -0.116. The van der Waals surface area contributed by atoms with Crippen molar-refractivity contribution in [1.82, 2.24) is 18.9 Å². The van der Waals surface area contributed by atoms with Crippen molar-refractivity contribution in [1.29, 1.82) is 0 Å². The van der Waals surface area contributed by atoms with Gasteiger partial charge < -0.3 is 5.32 Å². The van der Waals surface area contributed by atoms with Gasteiger partial charge in [0.1, 0.15) is 12.2 Å². The van der Waals surface area contributed by atoms with Crippen LogP contribution in [0.15, 0.2) is 70.5 Å². The zero-order valence-corrected chi connectivity index (χ0v) is 16.0. The summed E-state index contributed by atoms with van der Waals surface area (Å²) in [4.78, 5) is 42.2. The van der Waals surface area contributed by atoms with E-state index < -0.39 is 5.91 Å². The number of carbonyl (C=O) groups is 1. The Hall–Kier alpha value is -3.94. The topological polar surface area (TPSA) is 90.9 Å². The van der Waals surface area contributed by atoms with E-state index in [4.69, 9.17) is 0 Å². The fraction of sp³-hybridized carbons (Fsp3) is 0.143. The number of aromatic nitrogens is 4. The molecule has 4 rings (SSSR count). The Morgan fingerprint density at radius 3 is 2.45 bits per heavy atom. The average molecular weight is 389 g/mol. The number of hydrogen-bond acceptors (Lipinski definition) is 4. The highest BCUT2D eigenvalue weighted by Crippen LogP contribution is 2.14. The van der Waals surface area contributed by atoms with Crippen LogP contribution in [0.1, 0.15) is 5.69 Å². The second-order valence-corrected chi connectivity index (χ2v) is 6.68. The van der Waals surface area contributed by atoms with Crippen LogP contribution in [0.25, 0.3) is 16.6 Å². The Morgan fingerprint density at radius 2 is 1.69 bits per heavy atom. The number of hydrogen-bond donors (Lipinski definition) is 1. The van der Waals surface area contributed by atoms with Crippen molar-refractivity contribution in [2.75, 3.05) is 5.32 Å². The van der Waals surface area contributed by atoms with Gasteiger partial charge in [0.15, 0.2) is 0 Å². The molecule has 0 spiro atoms. The smallest absolute Gasteiger partial charge is 0.295 e. The predicted molar refractivity (Wildman–Crippen MR) is 110 cm³/mol. The summed E-state index contributed by atoms with van der Waals surface area (Å²) in [5.41, 5.74) is 1.41. The van der Waals surface area contributed by atoms with Crippen molar-refractivity contribution in [2.24, 2.45) is 7.05 Å². The van der Waals surface area contributed by atoms with Gasteiger partial charge in [-0.1, -0.05) is 30.3 Å². The quantitative estimate of drug-likeness (QED) is 0.577. The van der Waals surface area contributed by atoms with Crippen LogP contribution in [0.4, 0.5) is 5.69 Å². The second-order valence-electron chi connectivity index (χ2n) is 6.68. The van der Waals surface area contributed by atoms with E-state index in [9.17, 15) is 14.4 Å². The van der Waals surface area contributed by atoms with E-state index in [0.717, 1.165) is 0 Å². The predicted octanol–water partition coefficient (Wildman–Crippen LogP) is 1.83. The molecule has 0 saturated heterocycles. The SMILES string of the molecule is Cc1c(NC(=O)Cn2cnc3ccccc3c2=O)c(=O)n(-c2ccccc2)n1C. The van der Waals surface area contributed by atoms with Crippen LogP contribution in [0.2, 0.25) is 0 Å². The molecule has 29 heavy (non-hydrogen) atoms. The number of carbonyl (C=O) groups excluding carboxylic acids is 1. The molecule has 2 heterocycles. The maximum Gasteiger partial charge on any atom is 0.295 e. The lowest BCUT2D eigenvalue weighted by Gasteiger charge is -2.07. The summed E-state index contributed by atoms with van der Waals surface area (Å²) in [5, 5.41) is 3.09. The highest BCUT2D eigenvalue weighted by Gasteiger charge is 2.18. The monoisotopic (exact) mass is 389 g/mol. The summed E-state index contributed by atoms with van der Waals surface area (Å²) >= 11 is 0. The highest BCUT2D eigenvalue weighted by atomic mass is 16.2. The Morgan fingerprint density at radius 1 is 1.00 bits per heavy atom. The summed E-state index contributed by atoms with van der Waals surface area (Å²) in [6, 6.07) is 16.1. The highest BCUT2D eigenvalue weighted by molar-refractivity contribution is 5.91. The Balaban J connectivity index is 1.64. The van der Waals surface area contributed by atoms with Crippen LogP contribution >= 0.6 is 0 Å². The first-order chi connectivity index (χ1) is 14.0. The van der Waals surface area contributed by atoms with E-state index in [1.54, 1.807) is 42.9 Å². The summed E-state index contributed by atoms with van der Waals surface area (Å²) in [6.45, 7) is 1.51. The van der Waals surface area contributed by atoms with Crippen molar-refractivity contribution < 1.29 is 4.79 Å². The lowest BCUT2D eigenvalue weighted by Crippen LogP contribution is -2.29. The molecule has 0 aliphatic rings. The third kappa shape index (κ3) is 3.25. The number of amides is 1. The van der Waals surface area contributed by atoms with Gasteiger partial charge in [0.05, 0.1) is 28.6 Å². The first-order valence-electron chi connectivity index (χ1n) is 9.05. The molecule has 8 nitrogen and oxygen atoms in total. The number of benzene rings is 2. The van der Waals surface area contributed by atoms with Crippen LogP contribution < -0.4 is 16.4 Å². The molecule has 0 atom stereocenters. The number of nitrogens with zero attached hydrogens (tertiary/aromatic N) is 4. The summed E-state index contributed by atoms with van der Waals surface area (Å²) in [7, 11) is 1.75. The molecule has 2 aromatic heterocycles. The molecular weight excluding hydrogens is 370 g/mol. The zero-order chi connectivity index (χ0) is 20.5. The fourth-order valence-corrected chi connectivity index (χ4v) is 3.26. The molecular formula is C21H19N5O3. The van der Waals surface area contributed by atoms with Gasteiger partial charge in [0.2, 0.25) is 5.91 Å². The second kappa shape index (κ2) is 7.23. The third-order valence-corrected chi connectivity index (χ3v) is 4.86. The van der Waals surface area contributed by atoms with Crippen LogP contribution in [-0.2, 0) is 18.4 Å². The van der Waals surface area contributed by atoms with Crippen molar-refractivity contribution in [3.8, 4) is 5.69 Å². The number of para-hydroxylation sites is 2. The van der Waals surface area contributed by atoms with Crippen LogP contribution in [0, 0.1) is 6.92 Å². The molecule has 1 N–H and O–H groups in total. The van der Waals surface area contributed by atoms with Gasteiger partial charge in [0.25, 0.3) is 11.1 Å². The number of fused-ring (bicyclic) bond motifs is 1. The molecule has 2 aromatic carbocycles. The summed E-state index contributed by atoms with van der Waals surface area (Å²) in [6.07, 6.45) is 1.34. The van der Waals surface area contributed by atoms with Gasteiger partial charge in [-0.25, -0.2) is 9.67 Å². The van der Waals surface area contributed by atoms with Crippen LogP contribution in [0.3, 0.4) is 0 Å². The van der Waals surface area contributed by atoms with Crippen molar-refractivity contribution >= 4 is 22.5 Å². The van der Waals surface area contributed by atoms with E-state index >= 15 is 0 Å². The fourth-order valence-electron chi connectivity index (χ4n) is 3.26. The lowest BCUT2D eigenvalue weighted by atomic mass is 10.2. The summed E-state index contributed by atoms with van der Waals surface area (Å²) in [5.74, 6) is -0.477. The van der Waals surface area contributed by atoms with Crippen molar-refractivity contribution in [3.05, 3.63) is 87.3 Å². The van der Waals surface area contributed by atoms with E-state index in [1.165, 1.54) is 15.6 Å². The molecule has 1 amide bonds.